The molecule has 0 fully saturated rings. The summed E-state index contributed by atoms with van der Waals surface area (Å²) >= 11 is 0. The van der Waals surface area contributed by atoms with E-state index in [0.29, 0.717) is 24.3 Å². The molecular formula is C20H24N2O6. The van der Waals surface area contributed by atoms with E-state index < -0.39 is 23.8 Å². The zero-order valence-electron chi connectivity index (χ0n) is 15.7. The van der Waals surface area contributed by atoms with Gasteiger partial charge in [-0.1, -0.05) is 0 Å². The van der Waals surface area contributed by atoms with E-state index in [1.54, 1.807) is 7.11 Å². The molecule has 1 aromatic rings. The number of benzene rings is 1. The predicted octanol–water partition coefficient (Wildman–Crippen LogP) is 1.41. The van der Waals surface area contributed by atoms with Crippen molar-refractivity contribution in [2.45, 2.75) is 18.9 Å². The highest BCUT2D eigenvalue weighted by Gasteiger charge is 2.24. The minimum atomic E-state index is -1.04. The quantitative estimate of drug-likeness (QED) is 0.298. The molecule has 150 valence electrons. The first-order chi connectivity index (χ1) is 13.5. The highest BCUT2D eigenvalue weighted by molar-refractivity contribution is 5.94. The number of hydrogen-bond donors (Lipinski definition) is 2. The Hall–Kier alpha value is -2.91. The molecule has 0 radical (unpaired) electrons. The zero-order valence-corrected chi connectivity index (χ0v) is 15.7. The Bertz CT molecular complexity index is 705. The summed E-state index contributed by atoms with van der Waals surface area (Å²) in [6.07, 6.45) is 5.40. The summed E-state index contributed by atoms with van der Waals surface area (Å²) in [6, 6.07) is 7.50. The van der Waals surface area contributed by atoms with Crippen molar-refractivity contribution >= 4 is 11.9 Å². The lowest BCUT2D eigenvalue weighted by molar-refractivity contribution is -0.142. The van der Waals surface area contributed by atoms with Gasteiger partial charge in [0.2, 0.25) is 0 Å². The maximum atomic E-state index is 12.5. The molecular weight excluding hydrogens is 364 g/mol. The molecule has 0 aliphatic heterocycles. The number of nitrogens with one attached hydrogen (secondary N) is 1. The van der Waals surface area contributed by atoms with Crippen LogP contribution in [-0.4, -0.2) is 56.7 Å². The van der Waals surface area contributed by atoms with Crippen molar-refractivity contribution in [2.75, 3.05) is 33.7 Å². The van der Waals surface area contributed by atoms with E-state index in [2.05, 4.69) is 11.2 Å². The standard InChI is InChI=1S/C20H24N2O6/c1-3-4-17(20(24)25)11-18(13-28-14-27-10-9-26-2)22-19(23)16-7-5-15(12-21)6-8-16/h1,5-8,17-18H,4,9-11,13-14H2,2H3,(H,22,23)(H,24,25)/t17-,18-/m0/s1. The monoisotopic (exact) mass is 388 g/mol. The number of hydrogen-bond acceptors (Lipinski definition) is 6. The van der Waals surface area contributed by atoms with Crippen LogP contribution in [0.2, 0.25) is 0 Å². The van der Waals surface area contributed by atoms with E-state index in [-0.39, 0.29) is 26.2 Å². The van der Waals surface area contributed by atoms with Gasteiger partial charge in [-0.2, -0.15) is 5.26 Å². The molecule has 0 saturated carbocycles. The van der Waals surface area contributed by atoms with E-state index in [9.17, 15) is 14.7 Å². The van der Waals surface area contributed by atoms with Crippen molar-refractivity contribution in [1.29, 1.82) is 5.26 Å². The molecule has 1 amide bonds. The molecule has 0 bridgehead atoms. The number of carboxylic acids is 1. The molecule has 8 heteroatoms. The first-order valence-electron chi connectivity index (χ1n) is 8.63. The van der Waals surface area contributed by atoms with Crippen molar-refractivity contribution in [3.8, 4) is 18.4 Å². The average molecular weight is 388 g/mol. The topological polar surface area (TPSA) is 118 Å². The summed E-state index contributed by atoms with van der Waals surface area (Å²) in [6.45, 7) is 0.821. The Morgan fingerprint density at radius 2 is 1.96 bits per heavy atom. The van der Waals surface area contributed by atoms with Crippen molar-refractivity contribution in [1.82, 2.24) is 5.32 Å². The van der Waals surface area contributed by atoms with Crippen LogP contribution < -0.4 is 5.32 Å². The van der Waals surface area contributed by atoms with Crippen LogP contribution in [0, 0.1) is 29.6 Å². The van der Waals surface area contributed by atoms with Crippen LogP contribution in [0.1, 0.15) is 28.8 Å². The van der Waals surface area contributed by atoms with E-state index in [0.717, 1.165) is 0 Å². The fraction of sp³-hybridized carbons (Fsp3) is 0.450. The van der Waals surface area contributed by atoms with Crippen molar-refractivity contribution < 1.29 is 28.9 Å². The van der Waals surface area contributed by atoms with Gasteiger partial charge in [0.25, 0.3) is 5.91 Å². The minimum absolute atomic E-state index is 0.0144. The van der Waals surface area contributed by atoms with Crippen LogP contribution in [0.5, 0.6) is 0 Å². The summed E-state index contributed by atoms with van der Waals surface area (Å²) < 4.78 is 15.4. The zero-order chi connectivity index (χ0) is 20.8. The fourth-order valence-corrected chi connectivity index (χ4v) is 2.34. The maximum absolute atomic E-state index is 12.5. The average Bonchev–Trinajstić information content (AvgIpc) is 2.69. The number of carbonyl (C=O) groups is 2. The molecule has 28 heavy (non-hydrogen) atoms. The van der Waals surface area contributed by atoms with Gasteiger partial charge in [0.05, 0.1) is 43.4 Å². The lowest BCUT2D eigenvalue weighted by Gasteiger charge is -2.22. The molecule has 1 rings (SSSR count). The molecule has 0 saturated heterocycles. The van der Waals surface area contributed by atoms with Crippen LogP contribution in [0.15, 0.2) is 24.3 Å². The summed E-state index contributed by atoms with van der Waals surface area (Å²) in [7, 11) is 1.55. The second-order valence-electron chi connectivity index (χ2n) is 5.93. The van der Waals surface area contributed by atoms with Crippen molar-refractivity contribution in [2.24, 2.45) is 5.92 Å². The number of methoxy groups -OCH3 is 1. The number of nitriles is 1. The van der Waals surface area contributed by atoms with Gasteiger partial charge in [0.15, 0.2) is 0 Å². The number of carboxylic acid groups (broad SMARTS) is 1. The van der Waals surface area contributed by atoms with Crippen LogP contribution >= 0.6 is 0 Å². The summed E-state index contributed by atoms with van der Waals surface area (Å²) in [5, 5.41) is 20.9. The Morgan fingerprint density at radius 1 is 1.25 bits per heavy atom. The molecule has 0 aromatic heterocycles. The first-order valence-corrected chi connectivity index (χ1v) is 8.63. The molecule has 2 atom stereocenters. The smallest absolute Gasteiger partial charge is 0.307 e. The van der Waals surface area contributed by atoms with E-state index in [1.807, 2.05) is 6.07 Å². The molecule has 0 heterocycles. The van der Waals surface area contributed by atoms with Crippen LogP contribution in [0.4, 0.5) is 0 Å². The molecule has 2 N–H and O–H groups in total. The Balaban J connectivity index is 2.71. The largest absolute Gasteiger partial charge is 0.481 e. The van der Waals surface area contributed by atoms with Gasteiger partial charge >= 0.3 is 5.97 Å². The van der Waals surface area contributed by atoms with Gasteiger partial charge in [-0.15, -0.1) is 12.3 Å². The molecule has 0 unspecified atom stereocenters. The second-order valence-corrected chi connectivity index (χ2v) is 5.93. The third kappa shape index (κ3) is 8.65. The summed E-state index contributed by atoms with van der Waals surface area (Å²) in [5.41, 5.74) is 0.786. The SMILES string of the molecule is C#CC[C@@H](C[C@@H](COCOCCOC)NC(=O)c1ccc(C#N)cc1)C(=O)O. The van der Waals surface area contributed by atoms with Crippen molar-refractivity contribution in [3.05, 3.63) is 35.4 Å². The number of nitrogens with zero attached hydrogens (tertiary/aromatic N) is 1. The van der Waals surface area contributed by atoms with Gasteiger partial charge in [0.1, 0.15) is 6.79 Å². The number of amides is 1. The highest BCUT2D eigenvalue weighted by atomic mass is 16.7. The van der Waals surface area contributed by atoms with Crippen molar-refractivity contribution in [3.63, 3.8) is 0 Å². The Morgan fingerprint density at radius 3 is 2.54 bits per heavy atom. The maximum Gasteiger partial charge on any atom is 0.307 e. The molecule has 0 spiro atoms. The number of ether oxygens (including phenoxy) is 3. The van der Waals surface area contributed by atoms with Crippen LogP contribution in [0.25, 0.3) is 0 Å². The van der Waals surface area contributed by atoms with Gasteiger partial charge in [0, 0.05) is 19.1 Å². The highest BCUT2D eigenvalue weighted by Crippen LogP contribution is 2.13. The number of aliphatic carboxylic acids is 1. The summed E-state index contributed by atoms with van der Waals surface area (Å²) in [5.74, 6) is 0.0931. The lowest BCUT2D eigenvalue weighted by Crippen LogP contribution is -2.41. The molecule has 0 aliphatic carbocycles. The third-order valence-corrected chi connectivity index (χ3v) is 3.81. The van der Waals surface area contributed by atoms with Crippen LogP contribution in [-0.2, 0) is 19.0 Å². The second kappa shape index (κ2) is 13.3. The predicted molar refractivity (Wildman–Crippen MR) is 100 cm³/mol. The lowest BCUT2D eigenvalue weighted by atomic mass is 9.97. The molecule has 1 aromatic carbocycles. The van der Waals surface area contributed by atoms with E-state index >= 15 is 0 Å². The Labute approximate surface area is 164 Å². The molecule has 8 nitrogen and oxygen atoms in total. The number of terminal acetylenes is 1. The third-order valence-electron chi connectivity index (χ3n) is 3.81. The fourth-order valence-electron chi connectivity index (χ4n) is 2.34. The van der Waals surface area contributed by atoms with Gasteiger partial charge < -0.3 is 24.6 Å². The first kappa shape index (κ1) is 23.1. The van der Waals surface area contributed by atoms with E-state index in [4.69, 9.17) is 25.9 Å². The number of rotatable bonds is 13. The normalized spacial score (nSPS) is 12.4. The summed E-state index contributed by atoms with van der Waals surface area (Å²) in [4.78, 5) is 23.8. The van der Waals surface area contributed by atoms with Gasteiger partial charge in [-0.05, 0) is 30.7 Å². The number of carbonyl (C=O) groups excluding carboxylic acids is 1. The van der Waals surface area contributed by atoms with E-state index in [1.165, 1.54) is 24.3 Å². The van der Waals surface area contributed by atoms with Crippen LogP contribution in [0.3, 0.4) is 0 Å². The molecule has 0 aliphatic rings. The Kier molecular flexibility index (Phi) is 11.0. The minimum Gasteiger partial charge on any atom is -0.481 e. The van der Waals surface area contributed by atoms with Gasteiger partial charge in [-0.3, -0.25) is 9.59 Å². The van der Waals surface area contributed by atoms with Gasteiger partial charge in [-0.25, -0.2) is 0 Å².